The van der Waals surface area contributed by atoms with Gasteiger partial charge in [0.2, 0.25) is 0 Å². The van der Waals surface area contributed by atoms with Gasteiger partial charge in [-0.3, -0.25) is 0 Å². The van der Waals surface area contributed by atoms with E-state index in [4.69, 9.17) is 18.0 Å². The molecule has 0 saturated heterocycles. The van der Waals surface area contributed by atoms with E-state index in [0.29, 0.717) is 12.8 Å². The molecule has 0 aromatic heterocycles. The highest BCUT2D eigenvalue weighted by Crippen LogP contribution is 2.28. The van der Waals surface area contributed by atoms with Crippen molar-refractivity contribution in [1.29, 1.82) is 0 Å². The number of rotatable bonds is 5. The third-order valence-corrected chi connectivity index (χ3v) is 5.35. The second-order valence-corrected chi connectivity index (χ2v) is 7.24. The molecule has 0 aromatic rings. The number of nitrogens with one attached hydrogen (secondary N) is 2. The van der Waals surface area contributed by atoms with Gasteiger partial charge in [-0.1, -0.05) is 37.9 Å². The first-order valence-electron chi connectivity index (χ1n) is 6.55. The second kappa shape index (κ2) is 5.40. The van der Waals surface area contributed by atoms with Gasteiger partial charge < -0.3 is 5.73 Å². The van der Waals surface area contributed by atoms with E-state index in [1.54, 1.807) is 0 Å². The molecule has 4 N–H and O–H groups in total. The summed E-state index contributed by atoms with van der Waals surface area (Å²) >= 11 is 5.11. The van der Waals surface area contributed by atoms with E-state index >= 15 is 0 Å². The molecule has 7 heteroatoms. The fraction of sp³-hybridized carbons (Fsp3) is 0.909. The smallest absolute Gasteiger partial charge is 0.278 e. The van der Waals surface area contributed by atoms with Crippen molar-refractivity contribution in [3.8, 4) is 0 Å². The van der Waals surface area contributed by atoms with Crippen molar-refractivity contribution in [2.24, 2.45) is 5.73 Å². The van der Waals surface area contributed by atoms with Crippen molar-refractivity contribution in [3.05, 3.63) is 0 Å². The Kier molecular flexibility index (Phi) is 4.25. The first-order valence-corrected chi connectivity index (χ1v) is 8.44. The molecule has 0 unspecified atom stereocenters. The van der Waals surface area contributed by atoms with Gasteiger partial charge >= 0.3 is 0 Å². The van der Waals surface area contributed by atoms with Crippen LogP contribution in [0.4, 0.5) is 0 Å². The summed E-state index contributed by atoms with van der Waals surface area (Å²) in [6.07, 6.45) is 7.39. The zero-order valence-corrected chi connectivity index (χ0v) is 12.1. The Morgan fingerprint density at radius 1 is 1.17 bits per heavy atom. The van der Waals surface area contributed by atoms with E-state index in [0.717, 1.165) is 38.5 Å². The van der Waals surface area contributed by atoms with E-state index in [2.05, 4.69) is 9.44 Å². The molecule has 0 heterocycles. The summed E-state index contributed by atoms with van der Waals surface area (Å²) < 4.78 is 29.4. The van der Waals surface area contributed by atoms with Crippen LogP contribution in [-0.2, 0) is 10.2 Å². The van der Waals surface area contributed by atoms with Gasteiger partial charge in [-0.15, -0.1) is 0 Å². The van der Waals surface area contributed by atoms with E-state index in [1.807, 2.05) is 0 Å². The minimum atomic E-state index is -3.51. The topological polar surface area (TPSA) is 84.2 Å². The Morgan fingerprint density at radius 3 is 2.17 bits per heavy atom. The van der Waals surface area contributed by atoms with Crippen LogP contribution in [0.2, 0.25) is 0 Å². The van der Waals surface area contributed by atoms with Crippen LogP contribution in [0.15, 0.2) is 0 Å². The lowest BCUT2D eigenvalue weighted by Gasteiger charge is -2.32. The van der Waals surface area contributed by atoms with E-state index in [9.17, 15) is 8.42 Å². The maximum atomic E-state index is 12.0. The lowest BCUT2D eigenvalue weighted by Crippen LogP contribution is -2.59. The summed E-state index contributed by atoms with van der Waals surface area (Å²) in [5, 5.41) is 0. The maximum absolute atomic E-state index is 12.0. The lowest BCUT2D eigenvalue weighted by molar-refractivity contribution is 0.436. The Labute approximate surface area is 114 Å². The SMILES string of the molecule is NC(=S)C1(NS(=O)(=O)NC2CC2)CCCCCC1. The van der Waals surface area contributed by atoms with Crippen molar-refractivity contribution >= 4 is 27.4 Å². The monoisotopic (exact) mass is 291 g/mol. The number of nitrogens with two attached hydrogens (primary N) is 1. The van der Waals surface area contributed by atoms with Crippen LogP contribution in [0, 0.1) is 0 Å². The van der Waals surface area contributed by atoms with Gasteiger partial charge in [-0.05, 0) is 25.7 Å². The van der Waals surface area contributed by atoms with Gasteiger partial charge in [0.05, 0.1) is 10.5 Å². The molecule has 0 atom stereocenters. The molecule has 2 saturated carbocycles. The van der Waals surface area contributed by atoms with Crippen LogP contribution in [0.5, 0.6) is 0 Å². The van der Waals surface area contributed by atoms with E-state index in [1.165, 1.54) is 0 Å². The molecule has 18 heavy (non-hydrogen) atoms. The van der Waals surface area contributed by atoms with Gasteiger partial charge in [0, 0.05) is 6.04 Å². The van der Waals surface area contributed by atoms with Crippen molar-refractivity contribution in [3.63, 3.8) is 0 Å². The molecule has 5 nitrogen and oxygen atoms in total. The quantitative estimate of drug-likeness (QED) is 0.520. The van der Waals surface area contributed by atoms with Crippen molar-refractivity contribution in [2.45, 2.75) is 62.9 Å². The Bertz CT molecular complexity index is 410. The standard InChI is InChI=1S/C11H21N3O2S2/c12-10(17)11(7-3-1-2-4-8-11)14-18(15,16)13-9-5-6-9/h9,13-14H,1-8H2,(H2,12,17). The highest BCUT2D eigenvalue weighted by Gasteiger charge is 2.39. The van der Waals surface area contributed by atoms with Crippen molar-refractivity contribution < 1.29 is 8.42 Å². The first-order chi connectivity index (χ1) is 8.44. The van der Waals surface area contributed by atoms with Gasteiger partial charge in [-0.2, -0.15) is 17.9 Å². The number of hydrogen-bond acceptors (Lipinski definition) is 3. The van der Waals surface area contributed by atoms with Crippen LogP contribution in [0.3, 0.4) is 0 Å². The average molecular weight is 291 g/mol. The third-order valence-electron chi connectivity index (χ3n) is 3.66. The fourth-order valence-corrected chi connectivity index (χ4v) is 4.32. The van der Waals surface area contributed by atoms with Gasteiger partial charge in [0.25, 0.3) is 10.2 Å². The maximum Gasteiger partial charge on any atom is 0.278 e. The number of hydrogen-bond donors (Lipinski definition) is 3. The molecular formula is C11H21N3O2S2. The summed E-state index contributed by atoms with van der Waals surface area (Å²) in [7, 11) is -3.51. The predicted molar refractivity (Wildman–Crippen MR) is 75.4 cm³/mol. The Hall–Kier alpha value is -0.240. The summed E-state index contributed by atoms with van der Waals surface area (Å²) in [5.41, 5.74) is 5.07. The van der Waals surface area contributed by atoms with Crippen LogP contribution in [0.1, 0.15) is 51.4 Å². The predicted octanol–water partition coefficient (Wildman–Crippen LogP) is 0.952. The van der Waals surface area contributed by atoms with Gasteiger partial charge in [0.1, 0.15) is 0 Å². The molecule has 0 aliphatic heterocycles. The minimum Gasteiger partial charge on any atom is -0.392 e. The molecule has 2 aliphatic carbocycles. The van der Waals surface area contributed by atoms with Gasteiger partial charge in [-0.25, -0.2) is 0 Å². The van der Waals surface area contributed by atoms with Crippen LogP contribution in [0.25, 0.3) is 0 Å². The highest BCUT2D eigenvalue weighted by atomic mass is 32.2. The molecule has 0 aromatic carbocycles. The summed E-state index contributed by atoms with van der Waals surface area (Å²) in [5.74, 6) is 0. The van der Waals surface area contributed by atoms with Crippen LogP contribution in [-0.4, -0.2) is 25.0 Å². The summed E-state index contributed by atoms with van der Waals surface area (Å²) in [6.45, 7) is 0. The minimum absolute atomic E-state index is 0.0941. The molecular weight excluding hydrogens is 270 g/mol. The molecule has 104 valence electrons. The zero-order chi connectivity index (χ0) is 13.2. The fourth-order valence-electron chi connectivity index (χ4n) is 2.44. The van der Waals surface area contributed by atoms with E-state index < -0.39 is 15.7 Å². The molecule has 0 radical (unpaired) electrons. The average Bonchev–Trinajstić information content (AvgIpc) is 3.05. The zero-order valence-electron chi connectivity index (χ0n) is 10.4. The normalized spacial score (nSPS) is 24.4. The van der Waals surface area contributed by atoms with E-state index in [-0.39, 0.29) is 11.0 Å². The first kappa shape index (κ1) is 14.2. The Morgan fingerprint density at radius 2 is 1.72 bits per heavy atom. The summed E-state index contributed by atoms with van der Waals surface area (Å²) in [6, 6.07) is 0.0941. The molecule has 2 rings (SSSR count). The van der Waals surface area contributed by atoms with Crippen LogP contribution < -0.4 is 15.2 Å². The third kappa shape index (κ3) is 3.63. The van der Waals surface area contributed by atoms with Crippen molar-refractivity contribution in [2.75, 3.05) is 0 Å². The number of thiocarbonyl (C=S) groups is 1. The molecule has 2 fully saturated rings. The Balaban J connectivity index is 2.11. The lowest BCUT2D eigenvalue weighted by atomic mass is 9.91. The summed E-state index contributed by atoms with van der Waals surface area (Å²) in [4.78, 5) is 0.269. The highest BCUT2D eigenvalue weighted by molar-refractivity contribution is 7.87. The largest absolute Gasteiger partial charge is 0.392 e. The molecule has 2 aliphatic rings. The second-order valence-electron chi connectivity index (χ2n) is 5.36. The van der Waals surface area contributed by atoms with Crippen LogP contribution >= 0.6 is 12.2 Å². The molecule has 0 bridgehead atoms. The molecule has 0 spiro atoms. The molecule has 0 amide bonds. The van der Waals surface area contributed by atoms with Crippen molar-refractivity contribution in [1.82, 2.24) is 9.44 Å². The van der Waals surface area contributed by atoms with Gasteiger partial charge in [0.15, 0.2) is 0 Å².